The standard InChI is InChI=1S/C15H30N2/c1-13-6-5-7-15(9-8-13)16-14(2)12-17-10-3-4-11-17/h13-16H,3-12H2,1-2H3. The Labute approximate surface area is 107 Å². The Bertz CT molecular complexity index is 211. The minimum atomic E-state index is 0.673. The zero-order chi connectivity index (χ0) is 12.1. The molecule has 2 fully saturated rings. The van der Waals surface area contributed by atoms with Crippen molar-refractivity contribution in [1.29, 1.82) is 0 Å². The SMILES string of the molecule is CC1CCCC(NC(C)CN2CCCC2)CC1. The van der Waals surface area contributed by atoms with Crippen molar-refractivity contribution in [3.8, 4) is 0 Å². The first-order valence-corrected chi connectivity index (χ1v) is 7.72. The fraction of sp³-hybridized carbons (Fsp3) is 1.00. The van der Waals surface area contributed by atoms with E-state index in [9.17, 15) is 0 Å². The quantitative estimate of drug-likeness (QED) is 0.757. The molecule has 1 N–H and O–H groups in total. The highest BCUT2D eigenvalue weighted by atomic mass is 15.2. The number of hydrogen-bond acceptors (Lipinski definition) is 2. The summed E-state index contributed by atoms with van der Waals surface area (Å²) in [7, 11) is 0. The smallest absolute Gasteiger partial charge is 0.0169 e. The molecule has 2 rings (SSSR count). The van der Waals surface area contributed by atoms with Gasteiger partial charge in [0.1, 0.15) is 0 Å². The minimum Gasteiger partial charge on any atom is -0.310 e. The van der Waals surface area contributed by atoms with Gasteiger partial charge in [-0.15, -0.1) is 0 Å². The number of rotatable bonds is 4. The molecule has 1 saturated heterocycles. The first-order chi connectivity index (χ1) is 8.24. The lowest BCUT2D eigenvalue weighted by atomic mass is 10.0. The van der Waals surface area contributed by atoms with Gasteiger partial charge in [0.05, 0.1) is 0 Å². The van der Waals surface area contributed by atoms with E-state index in [1.165, 1.54) is 64.6 Å². The minimum absolute atomic E-state index is 0.673. The van der Waals surface area contributed by atoms with Gasteiger partial charge in [0.2, 0.25) is 0 Å². The van der Waals surface area contributed by atoms with Gasteiger partial charge in [-0.2, -0.15) is 0 Å². The molecule has 0 bridgehead atoms. The number of nitrogens with zero attached hydrogens (tertiary/aromatic N) is 1. The Morgan fingerprint density at radius 1 is 1.06 bits per heavy atom. The van der Waals surface area contributed by atoms with Crippen LogP contribution in [0.5, 0.6) is 0 Å². The van der Waals surface area contributed by atoms with Crippen molar-refractivity contribution in [2.45, 2.75) is 70.9 Å². The summed E-state index contributed by atoms with van der Waals surface area (Å²) < 4.78 is 0. The van der Waals surface area contributed by atoms with Crippen LogP contribution in [0.15, 0.2) is 0 Å². The Balaban J connectivity index is 1.67. The molecule has 1 saturated carbocycles. The molecule has 1 heterocycles. The molecule has 1 aliphatic carbocycles. The van der Waals surface area contributed by atoms with Crippen LogP contribution < -0.4 is 5.32 Å². The monoisotopic (exact) mass is 238 g/mol. The fourth-order valence-corrected chi connectivity index (χ4v) is 3.46. The number of nitrogens with one attached hydrogen (secondary N) is 1. The van der Waals surface area contributed by atoms with Crippen molar-refractivity contribution in [2.75, 3.05) is 19.6 Å². The lowest BCUT2D eigenvalue weighted by Gasteiger charge is -2.26. The van der Waals surface area contributed by atoms with E-state index < -0.39 is 0 Å². The number of hydrogen-bond donors (Lipinski definition) is 1. The van der Waals surface area contributed by atoms with Crippen LogP contribution in [-0.4, -0.2) is 36.6 Å². The largest absolute Gasteiger partial charge is 0.310 e. The van der Waals surface area contributed by atoms with E-state index in [-0.39, 0.29) is 0 Å². The second-order valence-corrected chi connectivity index (χ2v) is 6.39. The molecule has 2 nitrogen and oxygen atoms in total. The van der Waals surface area contributed by atoms with Gasteiger partial charge >= 0.3 is 0 Å². The van der Waals surface area contributed by atoms with Crippen LogP contribution in [0, 0.1) is 5.92 Å². The predicted molar refractivity (Wildman–Crippen MR) is 74.3 cm³/mol. The van der Waals surface area contributed by atoms with Crippen molar-refractivity contribution >= 4 is 0 Å². The van der Waals surface area contributed by atoms with Gasteiger partial charge in [-0.25, -0.2) is 0 Å². The van der Waals surface area contributed by atoms with Gasteiger partial charge in [-0.3, -0.25) is 0 Å². The van der Waals surface area contributed by atoms with Crippen molar-refractivity contribution < 1.29 is 0 Å². The molecule has 2 heteroatoms. The second-order valence-electron chi connectivity index (χ2n) is 6.39. The predicted octanol–water partition coefficient (Wildman–Crippen LogP) is 3.03. The molecule has 0 radical (unpaired) electrons. The summed E-state index contributed by atoms with van der Waals surface area (Å²) in [6, 6.07) is 1.46. The van der Waals surface area contributed by atoms with E-state index in [0.717, 1.165) is 12.0 Å². The summed E-state index contributed by atoms with van der Waals surface area (Å²) in [5, 5.41) is 3.86. The number of likely N-dealkylation sites (tertiary alicyclic amines) is 1. The molecule has 3 unspecified atom stereocenters. The summed E-state index contributed by atoms with van der Waals surface area (Å²) in [5.41, 5.74) is 0. The van der Waals surface area contributed by atoms with Gasteiger partial charge in [0.25, 0.3) is 0 Å². The maximum atomic E-state index is 3.86. The molecule has 2 aliphatic rings. The third-order valence-electron chi connectivity index (χ3n) is 4.51. The van der Waals surface area contributed by atoms with E-state index in [0.29, 0.717) is 6.04 Å². The van der Waals surface area contributed by atoms with E-state index >= 15 is 0 Å². The molecule has 0 spiro atoms. The van der Waals surface area contributed by atoms with Gasteiger partial charge < -0.3 is 10.2 Å². The second kappa shape index (κ2) is 6.75. The lowest BCUT2D eigenvalue weighted by Crippen LogP contribution is -2.43. The van der Waals surface area contributed by atoms with E-state index in [4.69, 9.17) is 0 Å². The van der Waals surface area contributed by atoms with Crippen LogP contribution in [-0.2, 0) is 0 Å². The molecule has 0 aromatic rings. The molecule has 1 aliphatic heterocycles. The summed E-state index contributed by atoms with van der Waals surface area (Å²) in [6.45, 7) is 8.69. The van der Waals surface area contributed by atoms with Crippen LogP contribution in [0.4, 0.5) is 0 Å². The van der Waals surface area contributed by atoms with E-state index in [2.05, 4.69) is 24.1 Å². The highest BCUT2D eigenvalue weighted by Crippen LogP contribution is 2.23. The third-order valence-corrected chi connectivity index (χ3v) is 4.51. The molecule has 0 aromatic heterocycles. The molecular weight excluding hydrogens is 208 g/mol. The molecule has 0 amide bonds. The molecule has 100 valence electrons. The summed E-state index contributed by atoms with van der Waals surface area (Å²) >= 11 is 0. The molecule has 0 aromatic carbocycles. The highest BCUT2D eigenvalue weighted by Gasteiger charge is 2.19. The normalized spacial score (nSPS) is 33.5. The maximum absolute atomic E-state index is 3.86. The topological polar surface area (TPSA) is 15.3 Å². The highest BCUT2D eigenvalue weighted by molar-refractivity contribution is 4.79. The van der Waals surface area contributed by atoms with Crippen LogP contribution in [0.1, 0.15) is 58.8 Å². The molecular formula is C15H30N2. The van der Waals surface area contributed by atoms with Crippen LogP contribution in [0.3, 0.4) is 0 Å². The Morgan fingerprint density at radius 2 is 1.82 bits per heavy atom. The zero-order valence-corrected chi connectivity index (χ0v) is 11.8. The average molecular weight is 238 g/mol. The van der Waals surface area contributed by atoms with Crippen LogP contribution in [0.25, 0.3) is 0 Å². The summed E-state index contributed by atoms with van der Waals surface area (Å²) in [5.74, 6) is 0.954. The Hall–Kier alpha value is -0.0800. The first-order valence-electron chi connectivity index (χ1n) is 7.72. The van der Waals surface area contributed by atoms with Crippen LogP contribution in [0.2, 0.25) is 0 Å². The van der Waals surface area contributed by atoms with E-state index in [1.807, 2.05) is 0 Å². The van der Waals surface area contributed by atoms with Crippen molar-refractivity contribution in [1.82, 2.24) is 10.2 Å². The van der Waals surface area contributed by atoms with E-state index in [1.54, 1.807) is 0 Å². The first kappa shape index (κ1) is 13.4. The van der Waals surface area contributed by atoms with Crippen molar-refractivity contribution in [2.24, 2.45) is 5.92 Å². The Kier molecular flexibility index (Phi) is 5.30. The zero-order valence-electron chi connectivity index (χ0n) is 11.8. The van der Waals surface area contributed by atoms with Crippen LogP contribution >= 0.6 is 0 Å². The summed E-state index contributed by atoms with van der Waals surface area (Å²) in [4.78, 5) is 2.62. The van der Waals surface area contributed by atoms with Crippen molar-refractivity contribution in [3.05, 3.63) is 0 Å². The Morgan fingerprint density at radius 3 is 2.59 bits per heavy atom. The maximum Gasteiger partial charge on any atom is 0.0169 e. The van der Waals surface area contributed by atoms with Gasteiger partial charge in [0.15, 0.2) is 0 Å². The van der Waals surface area contributed by atoms with Gasteiger partial charge in [-0.05, 0) is 58.0 Å². The van der Waals surface area contributed by atoms with Gasteiger partial charge in [-0.1, -0.05) is 19.8 Å². The van der Waals surface area contributed by atoms with Crippen molar-refractivity contribution in [3.63, 3.8) is 0 Å². The fourth-order valence-electron chi connectivity index (χ4n) is 3.46. The third kappa shape index (κ3) is 4.59. The lowest BCUT2D eigenvalue weighted by molar-refractivity contribution is 0.279. The summed E-state index contributed by atoms with van der Waals surface area (Å²) in [6.07, 6.45) is 9.91. The molecule has 17 heavy (non-hydrogen) atoms. The average Bonchev–Trinajstić information content (AvgIpc) is 2.70. The molecule has 3 atom stereocenters. The van der Waals surface area contributed by atoms with Gasteiger partial charge in [0, 0.05) is 18.6 Å².